The number of hydrogen-bond acceptors (Lipinski definition) is 8. The summed E-state index contributed by atoms with van der Waals surface area (Å²) in [5.41, 5.74) is 6.07. The van der Waals surface area contributed by atoms with E-state index in [1.807, 2.05) is 0 Å². The quantitative estimate of drug-likeness (QED) is 0.323. The standard InChI is InChI=1S/C26H31F3N6O3/c27-26(28,29)19-4-2-18(3-5-19)16-31-25-22-15-20(14-21(24(30)37)23(22)32-17-33-25)38-13-1-6-34-7-9-35(10-8-34)11-12-36/h2-5,14-15,17,36H,1,6-13,16H2,(H2,30,37)(H,31,32,33). The predicted molar refractivity (Wildman–Crippen MR) is 137 cm³/mol. The third-order valence-electron chi connectivity index (χ3n) is 6.49. The number of aromatic nitrogens is 2. The maximum atomic E-state index is 12.8. The third-order valence-corrected chi connectivity index (χ3v) is 6.49. The third kappa shape index (κ3) is 7.09. The molecule has 2 aromatic carbocycles. The minimum absolute atomic E-state index is 0.171. The molecule has 2 heterocycles. The SMILES string of the molecule is NC(=O)c1cc(OCCCN2CCN(CCO)CC2)cc2c(NCc3ccc(C(F)(F)F)cc3)ncnc12. The lowest BCUT2D eigenvalue weighted by Gasteiger charge is -2.34. The molecule has 0 spiro atoms. The monoisotopic (exact) mass is 532 g/mol. The van der Waals surface area contributed by atoms with Gasteiger partial charge in [-0.15, -0.1) is 0 Å². The Balaban J connectivity index is 1.41. The zero-order valence-corrected chi connectivity index (χ0v) is 20.9. The van der Waals surface area contributed by atoms with Gasteiger partial charge in [0.2, 0.25) is 0 Å². The molecule has 0 saturated carbocycles. The number of aliphatic hydroxyl groups is 1. The van der Waals surface area contributed by atoms with Crippen molar-refractivity contribution in [2.75, 3.05) is 57.8 Å². The number of rotatable bonds is 11. The number of nitrogens with one attached hydrogen (secondary N) is 1. The Labute approximate surface area is 218 Å². The molecule has 0 aliphatic carbocycles. The molecular weight excluding hydrogens is 501 g/mol. The summed E-state index contributed by atoms with van der Waals surface area (Å²) in [5, 5.41) is 12.7. The van der Waals surface area contributed by atoms with Crippen LogP contribution >= 0.6 is 0 Å². The van der Waals surface area contributed by atoms with Crippen LogP contribution in [0.25, 0.3) is 10.9 Å². The van der Waals surface area contributed by atoms with Crippen LogP contribution in [0.5, 0.6) is 5.75 Å². The van der Waals surface area contributed by atoms with Gasteiger partial charge in [0.05, 0.1) is 29.9 Å². The molecule has 0 atom stereocenters. The number of anilines is 1. The second-order valence-corrected chi connectivity index (χ2v) is 9.11. The molecular formula is C26H31F3N6O3. The molecule has 4 rings (SSSR count). The van der Waals surface area contributed by atoms with Crippen LogP contribution in [0, 0.1) is 0 Å². The Kier molecular flexibility index (Phi) is 8.97. The average Bonchev–Trinajstić information content (AvgIpc) is 2.90. The number of benzene rings is 2. The van der Waals surface area contributed by atoms with E-state index in [9.17, 15) is 18.0 Å². The van der Waals surface area contributed by atoms with Crippen LogP contribution in [0.3, 0.4) is 0 Å². The summed E-state index contributed by atoms with van der Waals surface area (Å²) in [4.78, 5) is 25.2. The van der Waals surface area contributed by atoms with Crippen LogP contribution in [-0.4, -0.2) is 83.3 Å². The molecule has 1 aliphatic heterocycles. The number of hydrogen-bond donors (Lipinski definition) is 3. The number of nitrogens with two attached hydrogens (primary N) is 1. The molecule has 204 valence electrons. The van der Waals surface area contributed by atoms with E-state index in [1.165, 1.54) is 18.5 Å². The number of nitrogens with zero attached hydrogens (tertiary/aromatic N) is 4. The molecule has 1 fully saturated rings. The van der Waals surface area contributed by atoms with Crippen LogP contribution in [0.15, 0.2) is 42.7 Å². The number of halogens is 3. The van der Waals surface area contributed by atoms with Crippen molar-refractivity contribution in [1.82, 2.24) is 19.8 Å². The van der Waals surface area contributed by atoms with Gasteiger partial charge < -0.3 is 25.8 Å². The molecule has 1 aliphatic rings. The lowest BCUT2D eigenvalue weighted by atomic mass is 10.1. The number of fused-ring (bicyclic) bond motifs is 1. The molecule has 4 N–H and O–H groups in total. The fourth-order valence-corrected chi connectivity index (χ4v) is 4.41. The number of ether oxygens (including phenoxy) is 1. The highest BCUT2D eigenvalue weighted by Crippen LogP contribution is 2.30. The van der Waals surface area contributed by atoms with Crippen LogP contribution < -0.4 is 15.8 Å². The van der Waals surface area contributed by atoms with Crippen LogP contribution in [0.1, 0.15) is 27.9 Å². The van der Waals surface area contributed by atoms with E-state index in [4.69, 9.17) is 15.6 Å². The molecule has 1 amide bonds. The van der Waals surface area contributed by atoms with Crippen molar-refractivity contribution in [3.05, 3.63) is 59.4 Å². The maximum Gasteiger partial charge on any atom is 0.416 e. The minimum Gasteiger partial charge on any atom is -0.493 e. The Bertz CT molecular complexity index is 1230. The number of alkyl halides is 3. The van der Waals surface area contributed by atoms with Crippen molar-refractivity contribution in [2.45, 2.75) is 19.1 Å². The minimum atomic E-state index is -4.40. The van der Waals surface area contributed by atoms with E-state index in [0.29, 0.717) is 41.2 Å². The zero-order valence-electron chi connectivity index (χ0n) is 20.9. The van der Waals surface area contributed by atoms with Gasteiger partial charge in [-0.05, 0) is 36.2 Å². The Hall–Kier alpha value is -3.48. The van der Waals surface area contributed by atoms with Gasteiger partial charge >= 0.3 is 6.18 Å². The highest BCUT2D eigenvalue weighted by molar-refractivity contribution is 6.07. The summed E-state index contributed by atoms with van der Waals surface area (Å²) in [6.45, 7) is 6.12. The van der Waals surface area contributed by atoms with Crippen molar-refractivity contribution in [1.29, 1.82) is 0 Å². The molecule has 0 bridgehead atoms. The molecule has 12 heteroatoms. The molecule has 0 unspecified atom stereocenters. The normalized spacial score (nSPS) is 15.1. The molecule has 9 nitrogen and oxygen atoms in total. The summed E-state index contributed by atoms with van der Waals surface area (Å²) in [6.07, 6.45) is -2.31. The Morgan fingerprint density at radius 3 is 2.37 bits per heavy atom. The Morgan fingerprint density at radius 1 is 1.05 bits per heavy atom. The smallest absolute Gasteiger partial charge is 0.416 e. The number of carbonyl (C=O) groups is 1. The van der Waals surface area contributed by atoms with E-state index in [1.54, 1.807) is 12.1 Å². The fraction of sp³-hybridized carbons (Fsp3) is 0.423. The number of primary amides is 1. The number of aliphatic hydroxyl groups excluding tert-OH is 1. The Morgan fingerprint density at radius 2 is 1.74 bits per heavy atom. The van der Waals surface area contributed by atoms with Crippen molar-refractivity contribution in [2.24, 2.45) is 5.73 Å². The molecule has 38 heavy (non-hydrogen) atoms. The van der Waals surface area contributed by atoms with Crippen molar-refractivity contribution in [3.8, 4) is 5.75 Å². The first kappa shape index (κ1) is 27.6. The van der Waals surface area contributed by atoms with Gasteiger partial charge in [-0.25, -0.2) is 9.97 Å². The zero-order chi connectivity index (χ0) is 27.1. The van der Waals surface area contributed by atoms with Gasteiger partial charge in [0, 0.05) is 51.2 Å². The van der Waals surface area contributed by atoms with Gasteiger partial charge in [-0.3, -0.25) is 9.69 Å². The first-order valence-corrected chi connectivity index (χ1v) is 12.4. The van der Waals surface area contributed by atoms with E-state index in [0.717, 1.165) is 51.3 Å². The van der Waals surface area contributed by atoms with E-state index < -0.39 is 17.6 Å². The summed E-state index contributed by atoms with van der Waals surface area (Å²) in [7, 11) is 0. The van der Waals surface area contributed by atoms with Gasteiger partial charge in [-0.1, -0.05) is 12.1 Å². The lowest BCUT2D eigenvalue weighted by molar-refractivity contribution is -0.137. The second-order valence-electron chi connectivity index (χ2n) is 9.11. The van der Waals surface area contributed by atoms with E-state index in [2.05, 4.69) is 25.1 Å². The van der Waals surface area contributed by atoms with Crippen molar-refractivity contribution in [3.63, 3.8) is 0 Å². The van der Waals surface area contributed by atoms with Crippen LogP contribution in [-0.2, 0) is 12.7 Å². The number of carbonyl (C=O) groups excluding carboxylic acids is 1. The fourth-order valence-electron chi connectivity index (χ4n) is 4.41. The average molecular weight is 533 g/mol. The first-order chi connectivity index (χ1) is 18.2. The second kappa shape index (κ2) is 12.4. The topological polar surface area (TPSA) is 117 Å². The van der Waals surface area contributed by atoms with Gasteiger partial charge in [0.15, 0.2) is 0 Å². The number of piperazine rings is 1. The highest BCUT2D eigenvalue weighted by atomic mass is 19.4. The number of β-amino-alcohol motifs (C(OH)–C–C–N with tert-alkyl or cyclic N) is 1. The first-order valence-electron chi connectivity index (χ1n) is 12.4. The lowest BCUT2D eigenvalue weighted by Crippen LogP contribution is -2.47. The molecule has 1 aromatic heterocycles. The highest BCUT2D eigenvalue weighted by Gasteiger charge is 2.29. The van der Waals surface area contributed by atoms with E-state index >= 15 is 0 Å². The van der Waals surface area contributed by atoms with Gasteiger partial charge in [0.1, 0.15) is 17.9 Å². The maximum absolute atomic E-state index is 12.8. The van der Waals surface area contributed by atoms with Crippen LogP contribution in [0.2, 0.25) is 0 Å². The van der Waals surface area contributed by atoms with E-state index in [-0.39, 0.29) is 18.7 Å². The summed E-state index contributed by atoms with van der Waals surface area (Å²) in [6, 6.07) is 8.14. The summed E-state index contributed by atoms with van der Waals surface area (Å²) >= 11 is 0. The molecule has 3 aromatic rings. The predicted octanol–water partition coefficient (Wildman–Crippen LogP) is 2.74. The summed E-state index contributed by atoms with van der Waals surface area (Å²) < 4.78 is 44.5. The summed E-state index contributed by atoms with van der Waals surface area (Å²) in [5.74, 6) is 0.198. The van der Waals surface area contributed by atoms with Gasteiger partial charge in [-0.2, -0.15) is 13.2 Å². The molecule has 1 saturated heterocycles. The number of amides is 1. The van der Waals surface area contributed by atoms with Gasteiger partial charge in [0.25, 0.3) is 5.91 Å². The largest absolute Gasteiger partial charge is 0.493 e. The van der Waals surface area contributed by atoms with Crippen LogP contribution in [0.4, 0.5) is 19.0 Å². The van der Waals surface area contributed by atoms with Crippen molar-refractivity contribution >= 4 is 22.6 Å². The van der Waals surface area contributed by atoms with Crippen molar-refractivity contribution < 1.29 is 27.8 Å². The molecule has 0 radical (unpaired) electrons.